The molecule has 0 bridgehead atoms. The molecule has 3 rings (SSSR count). The summed E-state index contributed by atoms with van der Waals surface area (Å²) < 4.78 is 2.26. The normalized spacial score (nSPS) is 19.1. The molecule has 1 aliphatic rings. The molecule has 112 valence electrons. The van der Waals surface area contributed by atoms with Gasteiger partial charge in [-0.05, 0) is 25.0 Å². The number of imidazole rings is 1. The van der Waals surface area contributed by atoms with Gasteiger partial charge in [0.25, 0.3) is 0 Å². The maximum atomic E-state index is 12.2. The minimum atomic E-state index is 0.226. The standard InChI is InChI=1S/C17H23N3O/c1-4-20-15-8-6-5-7-14(15)18-17(20)13-9-16(21)19(11-13)10-12(2)3/h5-8,12-13H,4,9-11H2,1-3H3. The third-order valence-electron chi connectivity index (χ3n) is 4.17. The Balaban J connectivity index is 1.92. The maximum absolute atomic E-state index is 12.2. The van der Waals surface area contributed by atoms with E-state index in [1.807, 2.05) is 23.1 Å². The average molecular weight is 285 g/mol. The van der Waals surface area contributed by atoms with Gasteiger partial charge in [-0.2, -0.15) is 0 Å². The summed E-state index contributed by atoms with van der Waals surface area (Å²) >= 11 is 0. The van der Waals surface area contributed by atoms with Crippen LogP contribution in [0.3, 0.4) is 0 Å². The van der Waals surface area contributed by atoms with Gasteiger partial charge in [-0.25, -0.2) is 4.98 Å². The van der Waals surface area contributed by atoms with E-state index < -0.39 is 0 Å². The van der Waals surface area contributed by atoms with Crippen molar-refractivity contribution in [2.75, 3.05) is 13.1 Å². The van der Waals surface area contributed by atoms with Gasteiger partial charge in [0, 0.05) is 32.0 Å². The van der Waals surface area contributed by atoms with Crippen molar-refractivity contribution in [3.05, 3.63) is 30.1 Å². The second kappa shape index (κ2) is 5.51. The van der Waals surface area contributed by atoms with E-state index in [0.717, 1.165) is 31.0 Å². The number of hydrogen-bond donors (Lipinski definition) is 0. The van der Waals surface area contributed by atoms with Crippen LogP contribution in [0.1, 0.15) is 38.9 Å². The molecule has 1 atom stereocenters. The number of carbonyl (C=O) groups is 1. The molecule has 1 amide bonds. The third kappa shape index (κ3) is 2.55. The molecular formula is C17H23N3O. The van der Waals surface area contributed by atoms with Crippen molar-refractivity contribution in [1.82, 2.24) is 14.5 Å². The Morgan fingerprint density at radius 3 is 2.81 bits per heavy atom. The van der Waals surface area contributed by atoms with Crippen LogP contribution < -0.4 is 0 Å². The highest BCUT2D eigenvalue weighted by molar-refractivity contribution is 5.80. The van der Waals surface area contributed by atoms with Crippen LogP contribution >= 0.6 is 0 Å². The molecule has 4 heteroatoms. The van der Waals surface area contributed by atoms with Crippen molar-refractivity contribution in [1.29, 1.82) is 0 Å². The number of amides is 1. The fourth-order valence-electron chi connectivity index (χ4n) is 3.30. The summed E-state index contributed by atoms with van der Waals surface area (Å²) in [7, 11) is 0. The number of benzene rings is 1. The molecular weight excluding hydrogens is 262 g/mol. The van der Waals surface area contributed by atoms with Crippen LogP contribution in [0.4, 0.5) is 0 Å². The average Bonchev–Trinajstić information content (AvgIpc) is 2.99. The Kier molecular flexibility index (Phi) is 3.70. The first-order chi connectivity index (χ1) is 10.1. The Labute approximate surface area is 125 Å². The van der Waals surface area contributed by atoms with Gasteiger partial charge in [0.05, 0.1) is 11.0 Å². The molecule has 2 heterocycles. The molecule has 0 N–H and O–H groups in total. The number of nitrogens with zero attached hydrogens (tertiary/aromatic N) is 3. The Morgan fingerprint density at radius 1 is 1.33 bits per heavy atom. The van der Waals surface area contributed by atoms with Gasteiger partial charge in [0.2, 0.25) is 5.91 Å². The summed E-state index contributed by atoms with van der Waals surface area (Å²) in [6.07, 6.45) is 0.593. The number of aromatic nitrogens is 2. The van der Waals surface area contributed by atoms with Crippen molar-refractivity contribution in [2.45, 2.75) is 39.7 Å². The maximum Gasteiger partial charge on any atom is 0.223 e. The van der Waals surface area contributed by atoms with Gasteiger partial charge < -0.3 is 9.47 Å². The molecule has 21 heavy (non-hydrogen) atoms. The van der Waals surface area contributed by atoms with Gasteiger partial charge in [-0.15, -0.1) is 0 Å². The molecule has 4 nitrogen and oxygen atoms in total. The molecule has 2 aromatic rings. The van der Waals surface area contributed by atoms with E-state index in [4.69, 9.17) is 4.98 Å². The molecule has 0 radical (unpaired) electrons. The molecule has 0 aliphatic carbocycles. The van der Waals surface area contributed by atoms with Crippen LogP contribution in [0.2, 0.25) is 0 Å². The molecule has 1 aromatic carbocycles. The van der Waals surface area contributed by atoms with E-state index in [9.17, 15) is 4.79 Å². The largest absolute Gasteiger partial charge is 0.342 e. The minimum Gasteiger partial charge on any atom is -0.342 e. The molecule has 1 aromatic heterocycles. The summed E-state index contributed by atoms with van der Waals surface area (Å²) in [6, 6.07) is 8.22. The zero-order chi connectivity index (χ0) is 15.0. The Hall–Kier alpha value is -1.84. The highest BCUT2D eigenvalue weighted by atomic mass is 16.2. The van der Waals surface area contributed by atoms with Crippen LogP contribution in [0.5, 0.6) is 0 Å². The van der Waals surface area contributed by atoms with E-state index in [0.29, 0.717) is 12.3 Å². The van der Waals surface area contributed by atoms with Crippen molar-refractivity contribution in [3.63, 3.8) is 0 Å². The Bertz CT molecular complexity index is 659. The molecule has 1 fully saturated rings. The number of aryl methyl sites for hydroxylation is 1. The fraction of sp³-hybridized carbons (Fsp3) is 0.529. The molecule has 0 spiro atoms. The summed E-state index contributed by atoms with van der Waals surface area (Å²) in [4.78, 5) is 19.0. The lowest BCUT2D eigenvalue weighted by atomic mass is 10.1. The zero-order valence-electron chi connectivity index (χ0n) is 13.0. The van der Waals surface area contributed by atoms with Gasteiger partial charge in [0.15, 0.2) is 0 Å². The molecule has 1 saturated heterocycles. The predicted molar refractivity (Wildman–Crippen MR) is 84.2 cm³/mol. The number of para-hydroxylation sites is 2. The van der Waals surface area contributed by atoms with Crippen molar-refractivity contribution in [3.8, 4) is 0 Å². The summed E-state index contributed by atoms with van der Waals surface area (Å²) in [6.45, 7) is 9.00. The van der Waals surface area contributed by atoms with Gasteiger partial charge in [0.1, 0.15) is 5.82 Å². The van der Waals surface area contributed by atoms with Crippen LogP contribution in [0.15, 0.2) is 24.3 Å². The first-order valence-corrected chi connectivity index (χ1v) is 7.83. The SMILES string of the molecule is CCn1c(C2CC(=O)N(CC(C)C)C2)nc2ccccc21. The second-order valence-corrected chi connectivity index (χ2v) is 6.30. The van der Waals surface area contributed by atoms with Crippen molar-refractivity contribution < 1.29 is 4.79 Å². The van der Waals surface area contributed by atoms with Crippen LogP contribution in [0.25, 0.3) is 11.0 Å². The third-order valence-corrected chi connectivity index (χ3v) is 4.17. The predicted octanol–water partition coefficient (Wildman–Crippen LogP) is 3.03. The van der Waals surface area contributed by atoms with Gasteiger partial charge in [-0.1, -0.05) is 26.0 Å². The number of hydrogen-bond acceptors (Lipinski definition) is 2. The summed E-state index contributed by atoms with van der Waals surface area (Å²) in [5.41, 5.74) is 2.20. The lowest BCUT2D eigenvalue weighted by Gasteiger charge is -2.19. The lowest BCUT2D eigenvalue weighted by molar-refractivity contribution is -0.128. The van der Waals surface area contributed by atoms with Gasteiger partial charge >= 0.3 is 0 Å². The first kappa shape index (κ1) is 14.1. The summed E-state index contributed by atoms with van der Waals surface area (Å²) in [5.74, 6) is 2.07. The zero-order valence-corrected chi connectivity index (χ0v) is 13.0. The number of likely N-dealkylation sites (tertiary alicyclic amines) is 1. The molecule has 1 aliphatic heterocycles. The Morgan fingerprint density at radius 2 is 2.10 bits per heavy atom. The smallest absolute Gasteiger partial charge is 0.223 e. The number of carbonyl (C=O) groups excluding carboxylic acids is 1. The second-order valence-electron chi connectivity index (χ2n) is 6.30. The fourth-order valence-corrected chi connectivity index (χ4v) is 3.30. The van der Waals surface area contributed by atoms with Crippen LogP contribution in [-0.2, 0) is 11.3 Å². The number of rotatable bonds is 4. The van der Waals surface area contributed by atoms with Crippen molar-refractivity contribution >= 4 is 16.9 Å². The quantitative estimate of drug-likeness (QED) is 0.866. The minimum absolute atomic E-state index is 0.226. The lowest BCUT2D eigenvalue weighted by Crippen LogP contribution is -2.29. The summed E-state index contributed by atoms with van der Waals surface area (Å²) in [5, 5.41) is 0. The van der Waals surface area contributed by atoms with Crippen LogP contribution in [-0.4, -0.2) is 33.4 Å². The van der Waals surface area contributed by atoms with Crippen molar-refractivity contribution in [2.24, 2.45) is 5.92 Å². The van der Waals surface area contributed by atoms with E-state index in [1.165, 1.54) is 5.52 Å². The van der Waals surface area contributed by atoms with E-state index in [-0.39, 0.29) is 11.8 Å². The topological polar surface area (TPSA) is 38.1 Å². The van der Waals surface area contributed by atoms with Gasteiger partial charge in [-0.3, -0.25) is 4.79 Å². The highest BCUT2D eigenvalue weighted by Crippen LogP contribution is 2.30. The number of fused-ring (bicyclic) bond motifs is 1. The molecule has 0 saturated carbocycles. The molecule has 1 unspecified atom stereocenters. The highest BCUT2D eigenvalue weighted by Gasteiger charge is 2.33. The van der Waals surface area contributed by atoms with E-state index in [1.54, 1.807) is 0 Å². The van der Waals surface area contributed by atoms with E-state index in [2.05, 4.69) is 31.4 Å². The van der Waals surface area contributed by atoms with E-state index >= 15 is 0 Å². The monoisotopic (exact) mass is 285 g/mol. The first-order valence-electron chi connectivity index (χ1n) is 7.83. The van der Waals surface area contributed by atoms with Crippen LogP contribution in [0, 0.1) is 5.92 Å².